The number of amides is 1. The summed E-state index contributed by atoms with van der Waals surface area (Å²) in [5.41, 5.74) is 1.73. The highest BCUT2D eigenvalue weighted by Crippen LogP contribution is 2.27. The van der Waals surface area contributed by atoms with Crippen LogP contribution >= 0.6 is 27.7 Å². The van der Waals surface area contributed by atoms with Gasteiger partial charge in [-0.05, 0) is 35.0 Å². The first kappa shape index (κ1) is 19.3. The fourth-order valence-corrected chi connectivity index (χ4v) is 3.49. The van der Waals surface area contributed by atoms with Gasteiger partial charge in [0, 0.05) is 16.1 Å². The van der Waals surface area contributed by atoms with Gasteiger partial charge in [0.1, 0.15) is 5.82 Å². The lowest BCUT2D eigenvalue weighted by Gasteiger charge is -2.09. The molecule has 27 heavy (non-hydrogen) atoms. The number of aryl methyl sites for hydroxylation is 1. The molecule has 0 aliphatic heterocycles. The average molecular weight is 454 g/mol. The van der Waals surface area contributed by atoms with Gasteiger partial charge in [0.25, 0.3) is 0 Å². The Bertz CT molecular complexity index is 988. The van der Waals surface area contributed by atoms with Crippen LogP contribution in [0.25, 0.3) is 11.4 Å². The van der Waals surface area contributed by atoms with Crippen molar-refractivity contribution in [3.8, 4) is 11.4 Å². The number of nitrogens with zero attached hydrogens (tertiary/aromatic N) is 3. The Morgan fingerprint density at radius 3 is 2.78 bits per heavy atom. The largest absolute Gasteiger partial charge is 0.335 e. The highest BCUT2D eigenvalue weighted by molar-refractivity contribution is 9.10. The Morgan fingerprint density at radius 2 is 2.07 bits per heavy atom. The molecule has 0 radical (unpaired) electrons. The highest BCUT2D eigenvalue weighted by Gasteiger charge is 2.16. The smallest absolute Gasteiger partial charge is 0.234 e. The van der Waals surface area contributed by atoms with Crippen molar-refractivity contribution in [1.82, 2.24) is 14.9 Å². The van der Waals surface area contributed by atoms with Gasteiger partial charge in [-0.3, -0.25) is 4.79 Å². The standard InChI is InChI=1S/C17H14BrF2N5OS/c1-9-3-2-4-10(5-9)16-23-24-17(25(16)21)27-8-14(26)22-15-12(18)6-11(19)7-13(15)20/h2-7H,8,21H2,1H3,(H,22,26). The van der Waals surface area contributed by atoms with Crippen LogP contribution in [0.2, 0.25) is 0 Å². The van der Waals surface area contributed by atoms with Crippen LogP contribution in [0.4, 0.5) is 14.5 Å². The zero-order valence-electron chi connectivity index (χ0n) is 14.0. The molecular weight excluding hydrogens is 440 g/mol. The molecule has 2 aromatic carbocycles. The minimum atomic E-state index is -0.871. The lowest BCUT2D eigenvalue weighted by Crippen LogP contribution is -2.17. The number of nitrogens with two attached hydrogens (primary N) is 1. The minimum absolute atomic E-state index is 0.0770. The third-order valence-corrected chi connectivity index (χ3v) is 5.11. The maximum absolute atomic E-state index is 13.8. The number of anilines is 1. The summed E-state index contributed by atoms with van der Waals surface area (Å²) in [5, 5.41) is 10.8. The molecule has 10 heteroatoms. The van der Waals surface area contributed by atoms with E-state index in [0.29, 0.717) is 17.0 Å². The third kappa shape index (κ3) is 4.45. The summed E-state index contributed by atoms with van der Waals surface area (Å²) in [6.07, 6.45) is 0. The number of benzene rings is 2. The topological polar surface area (TPSA) is 85.8 Å². The summed E-state index contributed by atoms with van der Waals surface area (Å²) in [6, 6.07) is 9.37. The molecule has 0 aliphatic rings. The van der Waals surface area contributed by atoms with Crippen LogP contribution in [-0.4, -0.2) is 26.5 Å². The Balaban J connectivity index is 1.68. The number of halogens is 3. The number of hydrogen-bond donors (Lipinski definition) is 2. The van der Waals surface area contributed by atoms with Gasteiger partial charge < -0.3 is 11.2 Å². The lowest BCUT2D eigenvalue weighted by molar-refractivity contribution is -0.113. The van der Waals surface area contributed by atoms with Crippen molar-refractivity contribution in [3.63, 3.8) is 0 Å². The summed E-state index contributed by atoms with van der Waals surface area (Å²) in [6.45, 7) is 1.95. The molecule has 0 saturated heterocycles. The molecule has 3 N–H and O–H groups in total. The van der Waals surface area contributed by atoms with Crippen LogP contribution in [0, 0.1) is 18.6 Å². The number of rotatable bonds is 5. The average Bonchev–Trinajstić information content (AvgIpc) is 2.97. The SMILES string of the molecule is Cc1cccc(-c2nnc(SCC(=O)Nc3c(F)cc(F)cc3Br)n2N)c1. The molecule has 6 nitrogen and oxygen atoms in total. The van der Waals surface area contributed by atoms with Crippen molar-refractivity contribution in [2.45, 2.75) is 12.1 Å². The van der Waals surface area contributed by atoms with Gasteiger partial charge in [0.05, 0.1) is 11.4 Å². The quantitative estimate of drug-likeness (QED) is 0.453. The first-order chi connectivity index (χ1) is 12.8. The fourth-order valence-electron chi connectivity index (χ4n) is 2.32. The summed E-state index contributed by atoms with van der Waals surface area (Å²) >= 11 is 4.07. The van der Waals surface area contributed by atoms with E-state index in [1.807, 2.05) is 31.2 Å². The van der Waals surface area contributed by atoms with E-state index in [-0.39, 0.29) is 15.9 Å². The molecule has 1 aromatic heterocycles. The monoisotopic (exact) mass is 453 g/mol. The summed E-state index contributed by atoms with van der Waals surface area (Å²) in [4.78, 5) is 12.1. The number of hydrogen-bond acceptors (Lipinski definition) is 5. The van der Waals surface area contributed by atoms with E-state index in [4.69, 9.17) is 5.84 Å². The lowest BCUT2D eigenvalue weighted by atomic mass is 10.1. The van der Waals surface area contributed by atoms with Gasteiger partial charge in [0.15, 0.2) is 11.6 Å². The number of thioether (sulfide) groups is 1. The predicted molar refractivity (Wildman–Crippen MR) is 104 cm³/mol. The maximum atomic E-state index is 13.8. The van der Waals surface area contributed by atoms with Crippen LogP contribution in [0.15, 0.2) is 46.0 Å². The second kappa shape index (κ2) is 8.05. The van der Waals surface area contributed by atoms with Gasteiger partial charge in [-0.25, -0.2) is 13.5 Å². The Hall–Kier alpha value is -2.46. The first-order valence-corrected chi connectivity index (χ1v) is 9.47. The second-order valence-corrected chi connectivity index (χ2v) is 7.42. The molecule has 3 aromatic rings. The van der Waals surface area contributed by atoms with E-state index < -0.39 is 17.5 Å². The molecule has 0 aliphatic carbocycles. The molecule has 0 spiro atoms. The van der Waals surface area contributed by atoms with Gasteiger partial charge in [-0.15, -0.1) is 10.2 Å². The van der Waals surface area contributed by atoms with E-state index in [1.165, 1.54) is 4.68 Å². The highest BCUT2D eigenvalue weighted by atomic mass is 79.9. The fraction of sp³-hybridized carbons (Fsp3) is 0.118. The van der Waals surface area contributed by atoms with Crippen molar-refractivity contribution in [2.24, 2.45) is 0 Å². The van der Waals surface area contributed by atoms with Crippen molar-refractivity contribution in [3.05, 3.63) is 58.1 Å². The molecule has 1 heterocycles. The normalized spacial score (nSPS) is 10.8. The molecule has 0 bridgehead atoms. The van der Waals surface area contributed by atoms with Crippen LogP contribution in [-0.2, 0) is 4.79 Å². The van der Waals surface area contributed by atoms with E-state index in [0.717, 1.165) is 29.0 Å². The van der Waals surface area contributed by atoms with Crippen molar-refractivity contribution < 1.29 is 13.6 Å². The zero-order valence-corrected chi connectivity index (χ0v) is 16.4. The van der Waals surface area contributed by atoms with E-state index in [1.54, 1.807) is 0 Å². The zero-order chi connectivity index (χ0) is 19.6. The van der Waals surface area contributed by atoms with Gasteiger partial charge in [0.2, 0.25) is 11.1 Å². The maximum Gasteiger partial charge on any atom is 0.234 e. The van der Waals surface area contributed by atoms with E-state index in [9.17, 15) is 13.6 Å². The Labute approximate surface area is 166 Å². The Morgan fingerprint density at radius 1 is 1.30 bits per heavy atom. The van der Waals surface area contributed by atoms with Gasteiger partial charge in [-0.1, -0.05) is 35.5 Å². The molecule has 1 amide bonds. The predicted octanol–water partition coefficient (Wildman–Crippen LogP) is 3.74. The van der Waals surface area contributed by atoms with Crippen LogP contribution in [0.3, 0.4) is 0 Å². The molecule has 3 rings (SSSR count). The van der Waals surface area contributed by atoms with Crippen LogP contribution in [0.1, 0.15) is 5.56 Å². The van der Waals surface area contributed by atoms with Gasteiger partial charge in [-0.2, -0.15) is 0 Å². The molecule has 140 valence electrons. The van der Waals surface area contributed by atoms with Crippen molar-refractivity contribution >= 4 is 39.3 Å². The number of aromatic nitrogens is 3. The van der Waals surface area contributed by atoms with Crippen LogP contribution < -0.4 is 11.2 Å². The minimum Gasteiger partial charge on any atom is -0.335 e. The van der Waals surface area contributed by atoms with Gasteiger partial charge >= 0.3 is 0 Å². The number of carbonyl (C=O) groups excluding carboxylic acids is 1. The molecule has 0 unspecified atom stereocenters. The third-order valence-electron chi connectivity index (χ3n) is 3.54. The number of nitrogens with one attached hydrogen (secondary N) is 1. The molecule has 0 atom stereocenters. The molecular formula is C17H14BrF2N5OS. The van der Waals surface area contributed by atoms with Crippen molar-refractivity contribution in [2.75, 3.05) is 16.9 Å². The molecule has 0 saturated carbocycles. The number of carbonyl (C=O) groups is 1. The summed E-state index contributed by atoms with van der Waals surface area (Å²) in [5.74, 6) is 4.30. The number of nitrogen functional groups attached to an aromatic ring is 1. The van der Waals surface area contributed by atoms with Crippen LogP contribution in [0.5, 0.6) is 0 Å². The second-order valence-electron chi connectivity index (χ2n) is 5.63. The van der Waals surface area contributed by atoms with E-state index >= 15 is 0 Å². The molecule has 0 fully saturated rings. The Kier molecular flexibility index (Phi) is 5.76. The summed E-state index contributed by atoms with van der Waals surface area (Å²) < 4.78 is 28.3. The summed E-state index contributed by atoms with van der Waals surface area (Å²) in [7, 11) is 0. The first-order valence-electron chi connectivity index (χ1n) is 7.70. The van der Waals surface area contributed by atoms with Crippen molar-refractivity contribution in [1.29, 1.82) is 0 Å². The van der Waals surface area contributed by atoms with E-state index in [2.05, 4.69) is 31.4 Å².